The summed E-state index contributed by atoms with van der Waals surface area (Å²) in [5.74, 6) is 1.79. The number of hydrogen-bond donors (Lipinski definition) is 0. The summed E-state index contributed by atoms with van der Waals surface area (Å²) in [6.07, 6.45) is 32.7. The van der Waals surface area contributed by atoms with Gasteiger partial charge < -0.3 is 14.0 Å². The SMILES string of the molecule is C=CC[N+](CC=C)(CC=C)Cc1ccc(OCCCCCCCCCCCC)c(OCCCCCCCCCCCC)c1. The van der Waals surface area contributed by atoms with Crippen LogP contribution in [0.2, 0.25) is 0 Å². The standard InChI is InChI=1S/C40H70NO2/c1-6-11-13-15-17-19-21-23-25-27-34-42-39-30-29-38(37-41(31-8-3,32-9-4)33-10-5)36-40(39)43-35-28-26-24-22-20-18-16-14-12-7-2/h8-10,29-30,36H,3-7,11-28,31-35,37H2,1-2H3/q+1. The molecule has 3 heteroatoms. The molecule has 1 rings (SSSR count). The molecule has 0 spiro atoms. The lowest BCUT2D eigenvalue weighted by Crippen LogP contribution is -2.47. The van der Waals surface area contributed by atoms with Crippen LogP contribution in [-0.2, 0) is 6.54 Å². The van der Waals surface area contributed by atoms with Gasteiger partial charge in [-0.05, 0) is 49.3 Å². The van der Waals surface area contributed by atoms with Gasteiger partial charge in [0.1, 0.15) is 6.54 Å². The van der Waals surface area contributed by atoms with Crippen LogP contribution >= 0.6 is 0 Å². The van der Waals surface area contributed by atoms with Crippen LogP contribution in [0, 0.1) is 0 Å². The Kier molecular flexibility index (Phi) is 25.0. The first kappa shape index (κ1) is 39.0. The van der Waals surface area contributed by atoms with Crippen molar-refractivity contribution in [3.05, 3.63) is 61.7 Å². The summed E-state index contributed by atoms with van der Waals surface area (Å²) in [6, 6.07) is 6.56. The third-order valence-electron chi connectivity index (χ3n) is 8.59. The molecule has 1 aromatic carbocycles. The van der Waals surface area contributed by atoms with Crippen molar-refractivity contribution in [1.29, 1.82) is 0 Å². The minimum Gasteiger partial charge on any atom is -0.490 e. The molecule has 0 radical (unpaired) electrons. The van der Waals surface area contributed by atoms with E-state index in [1.165, 1.54) is 121 Å². The lowest BCUT2D eigenvalue weighted by atomic mass is 10.1. The van der Waals surface area contributed by atoms with E-state index in [9.17, 15) is 0 Å². The average molecular weight is 597 g/mol. The number of quaternary nitrogens is 1. The fourth-order valence-electron chi connectivity index (χ4n) is 6.05. The highest BCUT2D eigenvalue weighted by Crippen LogP contribution is 2.31. The van der Waals surface area contributed by atoms with E-state index in [1.54, 1.807) is 0 Å². The first-order valence-electron chi connectivity index (χ1n) is 18.2. The fourth-order valence-corrected chi connectivity index (χ4v) is 6.05. The van der Waals surface area contributed by atoms with E-state index in [2.05, 4.69) is 51.8 Å². The first-order valence-corrected chi connectivity index (χ1v) is 18.2. The van der Waals surface area contributed by atoms with Crippen molar-refractivity contribution < 1.29 is 14.0 Å². The third kappa shape index (κ3) is 19.8. The molecule has 0 N–H and O–H groups in total. The minimum atomic E-state index is 0.751. The van der Waals surface area contributed by atoms with Crippen molar-refractivity contribution in [2.75, 3.05) is 32.8 Å². The Morgan fingerprint density at radius 3 is 1.28 bits per heavy atom. The van der Waals surface area contributed by atoms with Crippen molar-refractivity contribution in [3.63, 3.8) is 0 Å². The zero-order valence-electron chi connectivity index (χ0n) is 28.7. The number of rotatable bonds is 32. The van der Waals surface area contributed by atoms with Gasteiger partial charge in [0, 0.05) is 5.56 Å². The monoisotopic (exact) mass is 597 g/mol. The van der Waals surface area contributed by atoms with Gasteiger partial charge in [0.2, 0.25) is 0 Å². The minimum absolute atomic E-state index is 0.751. The second-order valence-corrected chi connectivity index (χ2v) is 12.8. The van der Waals surface area contributed by atoms with Crippen LogP contribution in [-0.4, -0.2) is 37.3 Å². The van der Waals surface area contributed by atoms with Crippen LogP contribution in [0.3, 0.4) is 0 Å². The normalized spacial score (nSPS) is 11.4. The topological polar surface area (TPSA) is 18.5 Å². The van der Waals surface area contributed by atoms with Crippen LogP contribution in [0.15, 0.2) is 56.2 Å². The van der Waals surface area contributed by atoms with Crippen LogP contribution in [0.1, 0.15) is 148 Å². The van der Waals surface area contributed by atoms with Crippen molar-refractivity contribution in [3.8, 4) is 11.5 Å². The van der Waals surface area contributed by atoms with Gasteiger partial charge in [0.25, 0.3) is 0 Å². The smallest absolute Gasteiger partial charge is 0.161 e. The maximum absolute atomic E-state index is 6.40. The average Bonchev–Trinajstić information content (AvgIpc) is 3.00. The van der Waals surface area contributed by atoms with Gasteiger partial charge >= 0.3 is 0 Å². The van der Waals surface area contributed by atoms with Gasteiger partial charge in [-0.3, -0.25) is 0 Å². The first-order chi connectivity index (χ1) is 21.1. The van der Waals surface area contributed by atoms with E-state index in [1.807, 2.05) is 18.2 Å². The Balaban J connectivity index is 2.63. The lowest BCUT2D eigenvalue weighted by Gasteiger charge is -2.36. The van der Waals surface area contributed by atoms with Gasteiger partial charge in [0.15, 0.2) is 11.5 Å². The maximum Gasteiger partial charge on any atom is 0.161 e. The number of nitrogens with zero attached hydrogens (tertiary/aromatic N) is 1. The molecule has 0 fully saturated rings. The molecule has 0 aromatic heterocycles. The molecule has 0 bridgehead atoms. The molecule has 43 heavy (non-hydrogen) atoms. The summed E-state index contributed by atoms with van der Waals surface area (Å²) in [5.41, 5.74) is 1.26. The van der Waals surface area contributed by atoms with Crippen LogP contribution in [0.4, 0.5) is 0 Å². The molecule has 0 heterocycles. The molecule has 0 amide bonds. The Bertz CT molecular complexity index is 790. The zero-order valence-corrected chi connectivity index (χ0v) is 28.7. The lowest BCUT2D eigenvalue weighted by molar-refractivity contribution is -0.924. The fraction of sp³-hybridized carbons (Fsp3) is 0.700. The van der Waals surface area contributed by atoms with E-state index in [0.29, 0.717) is 0 Å². The molecule has 0 unspecified atom stereocenters. The predicted octanol–water partition coefficient (Wildman–Crippen LogP) is 12.2. The highest BCUT2D eigenvalue weighted by Gasteiger charge is 2.24. The highest BCUT2D eigenvalue weighted by atomic mass is 16.5. The Morgan fingerprint density at radius 1 is 0.512 bits per heavy atom. The van der Waals surface area contributed by atoms with E-state index in [4.69, 9.17) is 9.47 Å². The Labute approximate surface area is 268 Å². The van der Waals surface area contributed by atoms with Crippen molar-refractivity contribution in [2.24, 2.45) is 0 Å². The molecule has 0 aliphatic carbocycles. The molecule has 0 aliphatic heterocycles. The van der Waals surface area contributed by atoms with Gasteiger partial charge in [-0.1, -0.05) is 149 Å². The molecular formula is C40H70NO2+. The van der Waals surface area contributed by atoms with Crippen LogP contribution in [0.5, 0.6) is 11.5 Å². The maximum atomic E-state index is 6.40. The third-order valence-corrected chi connectivity index (χ3v) is 8.59. The summed E-state index contributed by atoms with van der Waals surface area (Å²) in [4.78, 5) is 0. The summed E-state index contributed by atoms with van der Waals surface area (Å²) < 4.78 is 13.6. The molecule has 3 nitrogen and oxygen atoms in total. The summed E-state index contributed by atoms with van der Waals surface area (Å²) >= 11 is 0. The second kappa shape index (κ2) is 27.5. The van der Waals surface area contributed by atoms with Gasteiger partial charge in [0.05, 0.1) is 32.8 Å². The Morgan fingerprint density at radius 2 is 0.884 bits per heavy atom. The molecule has 0 saturated carbocycles. The number of ether oxygens (including phenoxy) is 2. The number of benzene rings is 1. The zero-order chi connectivity index (χ0) is 31.3. The van der Waals surface area contributed by atoms with Gasteiger partial charge in [-0.25, -0.2) is 0 Å². The summed E-state index contributed by atoms with van der Waals surface area (Å²) in [5, 5.41) is 0. The largest absolute Gasteiger partial charge is 0.490 e. The van der Waals surface area contributed by atoms with Gasteiger partial charge in [-0.15, -0.1) is 0 Å². The summed E-state index contributed by atoms with van der Waals surface area (Å²) in [7, 11) is 0. The molecule has 1 aromatic rings. The van der Waals surface area contributed by atoms with Gasteiger partial charge in [-0.2, -0.15) is 0 Å². The van der Waals surface area contributed by atoms with Crippen molar-refractivity contribution in [1.82, 2.24) is 0 Å². The quantitative estimate of drug-likeness (QED) is 0.0468. The van der Waals surface area contributed by atoms with Crippen molar-refractivity contribution >= 4 is 0 Å². The molecule has 246 valence electrons. The predicted molar refractivity (Wildman–Crippen MR) is 190 cm³/mol. The van der Waals surface area contributed by atoms with Crippen LogP contribution in [0.25, 0.3) is 0 Å². The van der Waals surface area contributed by atoms with Crippen LogP contribution < -0.4 is 9.47 Å². The molecule has 0 aliphatic rings. The van der Waals surface area contributed by atoms with E-state index < -0.39 is 0 Å². The highest BCUT2D eigenvalue weighted by molar-refractivity contribution is 5.43. The summed E-state index contributed by atoms with van der Waals surface area (Å²) in [6.45, 7) is 21.7. The number of unbranched alkanes of at least 4 members (excludes halogenated alkanes) is 18. The van der Waals surface area contributed by atoms with E-state index in [0.717, 1.165) is 68.2 Å². The van der Waals surface area contributed by atoms with E-state index in [-0.39, 0.29) is 0 Å². The molecular weight excluding hydrogens is 526 g/mol. The molecule has 0 atom stereocenters. The number of hydrogen-bond acceptors (Lipinski definition) is 2. The Hall–Kier alpha value is -2.00. The second-order valence-electron chi connectivity index (χ2n) is 12.8. The van der Waals surface area contributed by atoms with E-state index >= 15 is 0 Å². The van der Waals surface area contributed by atoms with Crippen molar-refractivity contribution in [2.45, 2.75) is 149 Å². The molecule has 0 saturated heterocycles.